The van der Waals surface area contributed by atoms with Gasteiger partial charge in [0.1, 0.15) is 0 Å². The van der Waals surface area contributed by atoms with Crippen LogP contribution in [-0.2, 0) is 11.2 Å². The monoisotopic (exact) mass is 261 g/mol. The molecule has 0 unspecified atom stereocenters. The van der Waals surface area contributed by atoms with Gasteiger partial charge in [-0.05, 0) is 43.7 Å². The second-order valence-corrected chi connectivity index (χ2v) is 4.34. The van der Waals surface area contributed by atoms with Gasteiger partial charge in [0.15, 0.2) is 0 Å². The van der Waals surface area contributed by atoms with Crippen molar-refractivity contribution in [1.29, 1.82) is 0 Å². The van der Waals surface area contributed by atoms with Crippen LogP contribution in [0.3, 0.4) is 0 Å². The summed E-state index contributed by atoms with van der Waals surface area (Å²) in [7, 11) is 1.70. The number of aromatic nitrogens is 1. The molecule has 0 bridgehead atoms. The third-order valence-corrected chi connectivity index (χ3v) is 3.09. The highest BCUT2D eigenvalue weighted by atomic mass is 16.6. The molecule has 0 aliphatic heterocycles. The summed E-state index contributed by atoms with van der Waals surface area (Å²) < 4.78 is 4.99. The number of amides is 1. The normalized spacial score (nSPS) is 10.7. The van der Waals surface area contributed by atoms with Crippen molar-refractivity contribution in [3.63, 3.8) is 0 Å². The number of nitrogens with two attached hydrogens (primary N) is 1. The van der Waals surface area contributed by atoms with E-state index in [0.717, 1.165) is 28.6 Å². The minimum atomic E-state index is -0.349. The number of carbonyl (C=O) groups excluding carboxylic acids is 1. The van der Waals surface area contributed by atoms with Crippen LogP contribution in [0.15, 0.2) is 24.4 Å². The number of hydrogen-bond donors (Lipinski definition) is 2. The van der Waals surface area contributed by atoms with Crippen molar-refractivity contribution < 1.29 is 9.53 Å². The minimum Gasteiger partial charge on any atom is -0.449 e. The molecule has 3 N–H and O–H groups in total. The average molecular weight is 261 g/mol. The van der Waals surface area contributed by atoms with Crippen LogP contribution in [0.1, 0.15) is 12.5 Å². The van der Waals surface area contributed by atoms with Crippen LogP contribution in [0.2, 0.25) is 0 Å². The molecule has 0 spiro atoms. The molecule has 1 aromatic heterocycles. The van der Waals surface area contributed by atoms with Crippen molar-refractivity contribution in [3.05, 3.63) is 30.0 Å². The largest absolute Gasteiger partial charge is 0.449 e. The number of ether oxygens (including phenoxy) is 1. The number of nitrogens with one attached hydrogen (secondary N) is 1. The molecule has 1 aromatic carbocycles. The Bertz CT molecular complexity index is 577. The number of hydrogen-bond acceptors (Lipinski definition) is 3. The van der Waals surface area contributed by atoms with Gasteiger partial charge in [-0.1, -0.05) is 0 Å². The molecule has 0 saturated carbocycles. The third-order valence-electron chi connectivity index (χ3n) is 3.09. The van der Waals surface area contributed by atoms with E-state index >= 15 is 0 Å². The van der Waals surface area contributed by atoms with Gasteiger partial charge in [0.05, 0.1) is 6.61 Å². The molecule has 0 radical (unpaired) electrons. The lowest BCUT2D eigenvalue weighted by Crippen LogP contribution is -2.26. The summed E-state index contributed by atoms with van der Waals surface area (Å²) in [6.45, 7) is 2.76. The highest BCUT2D eigenvalue weighted by Crippen LogP contribution is 2.24. The van der Waals surface area contributed by atoms with Crippen LogP contribution in [0, 0.1) is 0 Å². The van der Waals surface area contributed by atoms with Gasteiger partial charge < -0.3 is 15.5 Å². The lowest BCUT2D eigenvalue weighted by atomic mass is 10.1. The van der Waals surface area contributed by atoms with E-state index in [2.05, 4.69) is 4.98 Å². The van der Waals surface area contributed by atoms with Crippen LogP contribution in [0.5, 0.6) is 0 Å². The summed E-state index contributed by atoms with van der Waals surface area (Å²) in [5.41, 5.74) is 8.62. The van der Waals surface area contributed by atoms with E-state index in [1.165, 1.54) is 4.90 Å². The molecular formula is C14H19N3O2. The number of anilines is 1. The van der Waals surface area contributed by atoms with Crippen molar-refractivity contribution >= 4 is 22.7 Å². The Labute approximate surface area is 112 Å². The SMILES string of the molecule is CCOC(=O)N(C)c1ccc2[nH]cc(CCN)c2c1. The van der Waals surface area contributed by atoms with Gasteiger partial charge in [0.25, 0.3) is 0 Å². The van der Waals surface area contributed by atoms with Gasteiger partial charge in [-0.3, -0.25) is 4.90 Å². The zero-order valence-electron chi connectivity index (χ0n) is 11.3. The molecule has 2 aromatic rings. The summed E-state index contributed by atoms with van der Waals surface area (Å²) in [6, 6.07) is 5.83. The number of fused-ring (bicyclic) bond motifs is 1. The van der Waals surface area contributed by atoms with E-state index in [-0.39, 0.29) is 6.09 Å². The summed E-state index contributed by atoms with van der Waals surface area (Å²) in [4.78, 5) is 16.4. The van der Waals surface area contributed by atoms with Gasteiger partial charge in [0, 0.05) is 29.8 Å². The summed E-state index contributed by atoms with van der Waals surface area (Å²) in [6.07, 6.45) is 2.43. The molecule has 102 valence electrons. The Hall–Kier alpha value is -2.01. The van der Waals surface area contributed by atoms with E-state index in [9.17, 15) is 4.79 Å². The van der Waals surface area contributed by atoms with Gasteiger partial charge in [0.2, 0.25) is 0 Å². The van der Waals surface area contributed by atoms with E-state index in [4.69, 9.17) is 10.5 Å². The first-order valence-corrected chi connectivity index (χ1v) is 6.38. The fraction of sp³-hybridized carbons (Fsp3) is 0.357. The van der Waals surface area contributed by atoms with Crippen LogP contribution in [0.25, 0.3) is 10.9 Å². The molecule has 1 heterocycles. The molecule has 0 aliphatic rings. The fourth-order valence-electron chi connectivity index (χ4n) is 2.06. The minimum absolute atomic E-state index is 0.349. The van der Waals surface area contributed by atoms with Crippen LogP contribution >= 0.6 is 0 Å². The molecule has 19 heavy (non-hydrogen) atoms. The van der Waals surface area contributed by atoms with E-state index in [1.54, 1.807) is 14.0 Å². The number of aromatic amines is 1. The number of rotatable bonds is 4. The standard InChI is InChI=1S/C14H19N3O2/c1-3-19-14(18)17(2)11-4-5-13-12(8-11)10(6-7-15)9-16-13/h4-5,8-9,16H,3,6-7,15H2,1-2H3. The second kappa shape index (κ2) is 5.75. The van der Waals surface area contributed by atoms with Crippen molar-refractivity contribution in [2.24, 2.45) is 5.73 Å². The molecule has 2 rings (SSSR count). The van der Waals surface area contributed by atoms with Crippen molar-refractivity contribution in [3.8, 4) is 0 Å². The van der Waals surface area contributed by atoms with Crippen molar-refractivity contribution in [2.75, 3.05) is 25.1 Å². The maximum Gasteiger partial charge on any atom is 0.413 e. The molecule has 5 nitrogen and oxygen atoms in total. The first-order valence-electron chi connectivity index (χ1n) is 6.38. The first-order chi connectivity index (χ1) is 9.17. The summed E-state index contributed by atoms with van der Waals surface area (Å²) >= 11 is 0. The zero-order chi connectivity index (χ0) is 13.8. The molecule has 0 saturated heterocycles. The van der Waals surface area contributed by atoms with Crippen molar-refractivity contribution in [1.82, 2.24) is 4.98 Å². The van der Waals surface area contributed by atoms with E-state index in [1.807, 2.05) is 24.4 Å². The average Bonchev–Trinajstić information content (AvgIpc) is 2.81. The molecule has 0 aliphatic carbocycles. The van der Waals surface area contributed by atoms with E-state index < -0.39 is 0 Å². The number of H-pyrrole nitrogens is 1. The van der Waals surface area contributed by atoms with E-state index in [0.29, 0.717) is 13.2 Å². The second-order valence-electron chi connectivity index (χ2n) is 4.34. The maximum absolute atomic E-state index is 11.7. The maximum atomic E-state index is 11.7. The molecule has 5 heteroatoms. The van der Waals surface area contributed by atoms with Crippen LogP contribution in [0.4, 0.5) is 10.5 Å². The quantitative estimate of drug-likeness (QED) is 0.886. The van der Waals surface area contributed by atoms with Gasteiger partial charge in [-0.25, -0.2) is 4.79 Å². The number of carbonyl (C=O) groups is 1. The summed E-state index contributed by atoms with van der Waals surface area (Å²) in [5.74, 6) is 0. The molecule has 0 atom stereocenters. The number of benzene rings is 1. The molecule has 0 fully saturated rings. The van der Waals surface area contributed by atoms with Crippen LogP contribution < -0.4 is 10.6 Å². The Morgan fingerprint density at radius 3 is 2.95 bits per heavy atom. The van der Waals surface area contributed by atoms with Gasteiger partial charge in [-0.2, -0.15) is 0 Å². The Kier molecular flexibility index (Phi) is 4.06. The third kappa shape index (κ3) is 2.71. The van der Waals surface area contributed by atoms with Crippen molar-refractivity contribution in [2.45, 2.75) is 13.3 Å². The molecular weight excluding hydrogens is 242 g/mol. The zero-order valence-corrected chi connectivity index (χ0v) is 11.3. The van der Waals surface area contributed by atoms with Gasteiger partial charge >= 0.3 is 6.09 Å². The predicted molar refractivity (Wildman–Crippen MR) is 76.5 cm³/mol. The Morgan fingerprint density at radius 2 is 2.26 bits per heavy atom. The first kappa shape index (κ1) is 13.4. The lowest BCUT2D eigenvalue weighted by Gasteiger charge is -2.16. The predicted octanol–water partition coefficient (Wildman–Crippen LogP) is 2.26. The molecule has 1 amide bonds. The number of nitrogens with zero attached hydrogens (tertiary/aromatic N) is 1. The van der Waals surface area contributed by atoms with Crippen LogP contribution in [-0.4, -0.2) is 31.3 Å². The lowest BCUT2D eigenvalue weighted by molar-refractivity contribution is 0.161. The smallest absolute Gasteiger partial charge is 0.413 e. The summed E-state index contributed by atoms with van der Waals surface area (Å²) in [5, 5.41) is 1.10. The highest BCUT2D eigenvalue weighted by molar-refractivity contribution is 5.92. The topological polar surface area (TPSA) is 71.3 Å². The highest BCUT2D eigenvalue weighted by Gasteiger charge is 2.13. The Balaban J connectivity index is 2.34. The Morgan fingerprint density at radius 1 is 1.47 bits per heavy atom. The fourth-order valence-corrected chi connectivity index (χ4v) is 2.06. The van der Waals surface area contributed by atoms with Gasteiger partial charge in [-0.15, -0.1) is 0 Å².